The lowest BCUT2D eigenvalue weighted by Gasteiger charge is -2.14. The van der Waals surface area contributed by atoms with Crippen LogP contribution in [0.1, 0.15) is 18.1 Å². The van der Waals surface area contributed by atoms with Crippen molar-refractivity contribution in [2.75, 3.05) is 43.3 Å². The van der Waals surface area contributed by atoms with Gasteiger partial charge < -0.3 is 15.1 Å². The Morgan fingerprint density at radius 3 is 1.47 bits per heavy atom. The van der Waals surface area contributed by atoms with Crippen LogP contribution in [-0.4, -0.2) is 34.1 Å². The number of thioether (sulfide) groups is 2. The van der Waals surface area contributed by atoms with Gasteiger partial charge in [0, 0.05) is 73.5 Å². The molecule has 0 saturated heterocycles. The van der Waals surface area contributed by atoms with Gasteiger partial charge in [0.2, 0.25) is 5.91 Å². The Morgan fingerprint density at radius 1 is 0.719 bits per heavy atom. The fraction of sp³-hybridized carbons (Fsp3) is 0.269. The number of hydrogen-bond donors (Lipinski definition) is 1. The molecule has 0 heterocycles. The zero-order valence-electron chi connectivity index (χ0n) is 19.4. The third kappa shape index (κ3) is 7.24. The summed E-state index contributed by atoms with van der Waals surface area (Å²) < 4.78 is 0. The summed E-state index contributed by atoms with van der Waals surface area (Å²) in [6, 6.07) is 23.6. The van der Waals surface area contributed by atoms with Crippen LogP contribution in [0, 0.1) is 0 Å². The molecule has 0 fully saturated rings. The molecule has 0 atom stereocenters. The Morgan fingerprint density at radius 2 is 1.12 bits per heavy atom. The average Bonchev–Trinajstić information content (AvgIpc) is 2.76. The summed E-state index contributed by atoms with van der Waals surface area (Å²) in [4.78, 5) is 18.3. The molecule has 1 amide bonds. The molecule has 3 aromatic rings. The van der Waals surface area contributed by atoms with E-state index in [9.17, 15) is 4.79 Å². The first-order valence-corrected chi connectivity index (χ1v) is 12.5. The summed E-state index contributed by atoms with van der Waals surface area (Å²) in [5.41, 5.74) is 5.66. The van der Waals surface area contributed by atoms with E-state index in [1.807, 2.05) is 28.2 Å². The van der Waals surface area contributed by atoms with Crippen molar-refractivity contribution in [3.05, 3.63) is 77.9 Å². The van der Waals surface area contributed by atoms with E-state index >= 15 is 0 Å². The number of rotatable bonds is 9. The second-order valence-corrected chi connectivity index (χ2v) is 10.2. The minimum absolute atomic E-state index is 0.0491. The highest BCUT2D eigenvalue weighted by molar-refractivity contribution is 7.98. The number of benzene rings is 3. The van der Waals surface area contributed by atoms with Crippen LogP contribution in [0.2, 0.25) is 0 Å². The third-order valence-corrected chi connectivity index (χ3v) is 7.06. The van der Waals surface area contributed by atoms with Gasteiger partial charge in [-0.15, -0.1) is 23.5 Å². The smallest absolute Gasteiger partial charge is 0.221 e. The molecule has 32 heavy (non-hydrogen) atoms. The number of hydrogen-bond acceptors (Lipinski definition) is 5. The molecule has 3 rings (SSSR count). The number of carbonyl (C=O) groups is 1. The summed E-state index contributed by atoms with van der Waals surface area (Å²) in [7, 11) is 8.19. The quantitative estimate of drug-likeness (QED) is 0.372. The van der Waals surface area contributed by atoms with Crippen molar-refractivity contribution in [1.82, 2.24) is 0 Å². The lowest BCUT2D eigenvalue weighted by Crippen LogP contribution is -2.07. The van der Waals surface area contributed by atoms with Gasteiger partial charge in [-0.2, -0.15) is 0 Å². The van der Waals surface area contributed by atoms with Crippen molar-refractivity contribution in [2.24, 2.45) is 0 Å². The lowest BCUT2D eigenvalue weighted by molar-refractivity contribution is -0.114. The number of carbonyl (C=O) groups excluding carboxylic acids is 1. The van der Waals surface area contributed by atoms with Gasteiger partial charge in [-0.3, -0.25) is 4.79 Å². The Bertz CT molecular complexity index is 958. The van der Waals surface area contributed by atoms with Gasteiger partial charge in [-0.25, -0.2) is 0 Å². The van der Waals surface area contributed by atoms with Gasteiger partial charge in [0.05, 0.1) is 0 Å². The maximum Gasteiger partial charge on any atom is 0.221 e. The average molecular weight is 466 g/mol. The summed E-state index contributed by atoms with van der Waals surface area (Å²) in [5.74, 6) is 1.65. The van der Waals surface area contributed by atoms with Gasteiger partial charge in [-0.1, -0.05) is 6.07 Å². The lowest BCUT2D eigenvalue weighted by atomic mass is 10.1. The van der Waals surface area contributed by atoms with E-state index in [2.05, 4.69) is 81.8 Å². The molecule has 168 valence electrons. The number of anilines is 3. The van der Waals surface area contributed by atoms with Crippen LogP contribution in [0.5, 0.6) is 0 Å². The van der Waals surface area contributed by atoms with E-state index in [1.165, 1.54) is 32.3 Å². The Kier molecular flexibility index (Phi) is 8.53. The summed E-state index contributed by atoms with van der Waals surface area (Å²) in [6.45, 7) is 1.55. The minimum atomic E-state index is -0.0491. The second-order valence-electron chi connectivity index (χ2n) is 8.07. The van der Waals surface area contributed by atoms with Gasteiger partial charge in [0.25, 0.3) is 0 Å². The van der Waals surface area contributed by atoms with Crippen LogP contribution >= 0.6 is 23.5 Å². The van der Waals surface area contributed by atoms with E-state index in [1.54, 1.807) is 30.4 Å². The fourth-order valence-electron chi connectivity index (χ4n) is 3.22. The van der Waals surface area contributed by atoms with E-state index in [-0.39, 0.29) is 5.91 Å². The van der Waals surface area contributed by atoms with Crippen molar-refractivity contribution in [1.29, 1.82) is 0 Å². The molecule has 0 aliphatic carbocycles. The first kappa shape index (κ1) is 24.1. The van der Waals surface area contributed by atoms with E-state index in [0.29, 0.717) is 0 Å². The number of amides is 1. The molecule has 3 aromatic carbocycles. The van der Waals surface area contributed by atoms with Crippen molar-refractivity contribution in [2.45, 2.75) is 28.2 Å². The van der Waals surface area contributed by atoms with Crippen LogP contribution in [0.3, 0.4) is 0 Å². The minimum Gasteiger partial charge on any atom is -0.378 e. The van der Waals surface area contributed by atoms with Crippen molar-refractivity contribution < 1.29 is 4.79 Å². The van der Waals surface area contributed by atoms with Crippen molar-refractivity contribution >= 4 is 46.5 Å². The summed E-state index contributed by atoms with van der Waals surface area (Å²) in [5, 5.41) is 2.95. The van der Waals surface area contributed by atoms with Gasteiger partial charge in [0.15, 0.2) is 0 Å². The Labute approximate surface area is 200 Å². The first-order valence-electron chi connectivity index (χ1n) is 10.5. The molecule has 0 aliphatic rings. The maximum absolute atomic E-state index is 11.6. The van der Waals surface area contributed by atoms with Crippen molar-refractivity contribution in [3.8, 4) is 0 Å². The molecule has 0 unspecified atom stereocenters. The van der Waals surface area contributed by atoms with Crippen LogP contribution in [0.25, 0.3) is 0 Å². The highest BCUT2D eigenvalue weighted by atomic mass is 32.2. The van der Waals surface area contributed by atoms with Gasteiger partial charge in [0.1, 0.15) is 0 Å². The summed E-state index contributed by atoms with van der Waals surface area (Å²) >= 11 is 3.61. The predicted molar refractivity (Wildman–Crippen MR) is 141 cm³/mol. The molecule has 1 N–H and O–H groups in total. The molecule has 0 bridgehead atoms. The monoisotopic (exact) mass is 465 g/mol. The van der Waals surface area contributed by atoms with Gasteiger partial charge in [-0.05, 0) is 71.8 Å². The topological polar surface area (TPSA) is 35.6 Å². The highest BCUT2D eigenvalue weighted by Crippen LogP contribution is 2.30. The molecule has 0 saturated carbocycles. The summed E-state index contributed by atoms with van der Waals surface area (Å²) in [6.07, 6.45) is 0. The number of nitrogens with zero attached hydrogens (tertiary/aromatic N) is 2. The molecule has 0 radical (unpaired) electrons. The highest BCUT2D eigenvalue weighted by Gasteiger charge is 2.06. The SMILES string of the molecule is CC(=O)Nc1cc(CSc2ccc(N(C)C)cc2)cc(CSc2ccc(N(C)C)cc2)c1. The molecule has 0 aliphatic heterocycles. The van der Waals surface area contributed by atoms with Crippen LogP contribution < -0.4 is 15.1 Å². The fourth-order valence-corrected chi connectivity index (χ4v) is 4.88. The zero-order valence-corrected chi connectivity index (χ0v) is 21.0. The molecule has 0 spiro atoms. The van der Waals surface area contributed by atoms with E-state index in [4.69, 9.17) is 0 Å². The van der Waals surface area contributed by atoms with Crippen LogP contribution in [0.15, 0.2) is 76.5 Å². The van der Waals surface area contributed by atoms with E-state index < -0.39 is 0 Å². The molecular weight excluding hydrogens is 434 g/mol. The number of nitrogens with one attached hydrogen (secondary N) is 1. The third-order valence-electron chi connectivity index (χ3n) is 4.89. The molecule has 6 heteroatoms. The van der Waals surface area contributed by atoms with Crippen molar-refractivity contribution in [3.63, 3.8) is 0 Å². The maximum atomic E-state index is 11.6. The van der Waals surface area contributed by atoms with Crippen LogP contribution in [-0.2, 0) is 16.3 Å². The Balaban J connectivity index is 1.70. The molecular formula is C26H31N3OS2. The standard InChI is InChI=1S/C26H31N3OS2/c1-19(30)27-22-15-20(17-31-25-10-6-23(7-11-25)28(2)3)14-21(16-22)18-32-26-12-8-24(9-13-26)29(4)5/h6-16H,17-18H2,1-5H3,(H,27,30). The van der Waals surface area contributed by atoms with Crippen LogP contribution in [0.4, 0.5) is 17.1 Å². The largest absolute Gasteiger partial charge is 0.378 e. The molecule has 0 aromatic heterocycles. The second kappa shape index (κ2) is 11.3. The van der Waals surface area contributed by atoms with E-state index in [0.717, 1.165) is 17.2 Å². The van der Waals surface area contributed by atoms with Gasteiger partial charge >= 0.3 is 0 Å². The Hall–Kier alpha value is -2.57. The molecule has 4 nitrogen and oxygen atoms in total. The zero-order chi connectivity index (χ0) is 23.1. The predicted octanol–water partition coefficient (Wildman–Crippen LogP) is 6.36. The normalized spacial score (nSPS) is 10.7. The first-order chi connectivity index (χ1) is 15.3.